The van der Waals surface area contributed by atoms with Crippen molar-refractivity contribution in [1.29, 1.82) is 5.26 Å². The van der Waals surface area contributed by atoms with Gasteiger partial charge in [-0.1, -0.05) is 30.2 Å². The third-order valence-electron chi connectivity index (χ3n) is 6.86. The van der Waals surface area contributed by atoms with Crippen LogP contribution in [0.25, 0.3) is 21.8 Å². The molecule has 0 amide bonds. The first-order chi connectivity index (χ1) is 17.5. The molecule has 0 aliphatic carbocycles. The molecule has 36 heavy (non-hydrogen) atoms. The molecular formula is C27H27N7O2. The average molecular weight is 482 g/mol. The second kappa shape index (κ2) is 9.37. The summed E-state index contributed by atoms with van der Waals surface area (Å²) in [6, 6.07) is 11.9. The van der Waals surface area contributed by atoms with Crippen molar-refractivity contribution in [2.24, 2.45) is 12.8 Å². The van der Waals surface area contributed by atoms with Crippen LogP contribution in [0, 0.1) is 23.2 Å². The fourth-order valence-corrected chi connectivity index (χ4v) is 5.17. The van der Waals surface area contributed by atoms with E-state index in [0.29, 0.717) is 35.7 Å². The van der Waals surface area contributed by atoms with E-state index in [2.05, 4.69) is 22.9 Å². The zero-order chi connectivity index (χ0) is 25.4. The Morgan fingerprint density at radius 2 is 1.97 bits per heavy atom. The number of nitrogens with two attached hydrogens (primary N) is 1. The van der Waals surface area contributed by atoms with E-state index in [4.69, 9.17) is 5.73 Å². The number of rotatable bonds is 4. The summed E-state index contributed by atoms with van der Waals surface area (Å²) in [4.78, 5) is 34.0. The summed E-state index contributed by atoms with van der Waals surface area (Å²) < 4.78 is 4.36. The number of hydrogen-bond acceptors (Lipinski definition) is 6. The predicted octanol–water partition coefficient (Wildman–Crippen LogP) is 1.92. The Kier molecular flexibility index (Phi) is 6.09. The number of nitriles is 1. The number of pyridine rings is 1. The van der Waals surface area contributed by atoms with E-state index in [1.807, 2.05) is 35.2 Å². The van der Waals surface area contributed by atoms with Crippen LogP contribution in [0.5, 0.6) is 0 Å². The lowest BCUT2D eigenvalue weighted by Crippen LogP contribution is -2.44. The van der Waals surface area contributed by atoms with Crippen LogP contribution in [0.15, 0.2) is 46.1 Å². The van der Waals surface area contributed by atoms with Crippen molar-refractivity contribution in [2.45, 2.75) is 38.9 Å². The Morgan fingerprint density at radius 3 is 2.72 bits per heavy atom. The molecule has 1 aliphatic heterocycles. The highest BCUT2D eigenvalue weighted by Gasteiger charge is 2.29. The number of aryl methyl sites for hydroxylation is 1. The lowest BCUT2D eigenvalue weighted by molar-refractivity contribution is 0.499. The fourth-order valence-electron chi connectivity index (χ4n) is 5.17. The van der Waals surface area contributed by atoms with E-state index in [9.17, 15) is 14.9 Å². The zero-order valence-corrected chi connectivity index (χ0v) is 20.4. The van der Waals surface area contributed by atoms with Gasteiger partial charge in [0.25, 0.3) is 5.56 Å². The smallest absolute Gasteiger partial charge is 0.331 e. The summed E-state index contributed by atoms with van der Waals surface area (Å²) in [7, 11) is 1.60. The first kappa shape index (κ1) is 23.4. The Bertz CT molecular complexity index is 1700. The molecule has 1 aromatic carbocycles. The molecule has 0 saturated carbocycles. The molecule has 9 nitrogen and oxygen atoms in total. The highest BCUT2D eigenvalue weighted by atomic mass is 16.2. The van der Waals surface area contributed by atoms with Crippen LogP contribution in [0.3, 0.4) is 0 Å². The number of fused-ring (bicyclic) bond motifs is 2. The van der Waals surface area contributed by atoms with E-state index in [0.717, 1.165) is 23.6 Å². The molecule has 2 N–H and O–H groups in total. The summed E-state index contributed by atoms with van der Waals surface area (Å²) in [5.41, 5.74) is 6.81. The number of nitrogens with zero attached hydrogens (tertiary/aromatic N) is 6. The van der Waals surface area contributed by atoms with Crippen LogP contribution in [-0.2, 0) is 20.1 Å². The second-order valence-corrected chi connectivity index (χ2v) is 9.08. The Morgan fingerprint density at radius 1 is 1.17 bits per heavy atom. The van der Waals surface area contributed by atoms with Gasteiger partial charge in [-0.25, -0.2) is 4.79 Å². The molecule has 1 saturated heterocycles. The molecule has 9 heteroatoms. The third kappa shape index (κ3) is 3.74. The maximum Gasteiger partial charge on any atom is 0.331 e. The summed E-state index contributed by atoms with van der Waals surface area (Å²) in [5, 5.41) is 12.0. The molecule has 1 fully saturated rings. The van der Waals surface area contributed by atoms with Gasteiger partial charge in [0.1, 0.15) is 23.0 Å². The van der Waals surface area contributed by atoms with Gasteiger partial charge in [-0.3, -0.25) is 18.9 Å². The molecule has 182 valence electrons. The van der Waals surface area contributed by atoms with E-state index < -0.39 is 11.2 Å². The van der Waals surface area contributed by atoms with E-state index >= 15 is 0 Å². The number of piperidine rings is 1. The third-order valence-corrected chi connectivity index (χ3v) is 6.86. The van der Waals surface area contributed by atoms with Crippen molar-refractivity contribution >= 4 is 27.6 Å². The molecule has 0 bridgehead atoms. The Hall–Kier alpha value is -4.34. The molecule has 4 aromatic rings. The van der Waals surface area contributed by atoms with Crippen LogP contribution < -0.4 is 21.9 Å². The number of hydrogen-bond donors (Lipinski definition) is 1. The highest BCUT2D eigenvalue weighted by molar-refractivity contribution is 5.90. The van der Waals surface area contributed by atoms with Crippen molar-refractivity contribution in [3.8, 4) is 17.9 Å². The molecular weight excluding hydrogens is 454 g/mol. The van der Waals surface area contributed by atoms with Gasteiger partial charge in [0.05, 0.1) is 24.3 Å². The minimum absolute atomic E-state index is 0.0131. The lowest BCUT2D eigenvalue weighted by Gasteiger charge is -2.33. The molecule has 0 radical (unpaired) electrons. The predicted molar refractivity (Wildman–Crippen MR) is 140 cm³/mol. The molecule has 0 spiro atoms. The van der Waals surface area contributed by atoms with Gasteiger partial charge >= 0.3 is 5.69 Å². The van der Waals surface area contributed by atoms with Crippen LogP contribution in [0.4, 0.5) is 5.82 Å². The molecule has 4 heterocycles. The van der Waals surface area contributed by atoms with Gasteiger partial charge in [0.15, 0.2) is 0 Å². The summed E-state index contributed by atoms with van der Waals surface area (Å²) in [6.07, 6.45) is 3.45. The maximum atomic E-state index is 14.0. The minimum Gasteiger partial charge on any atom is -0.355 e. The largest absolute Gasteiger partial charge is 0.355 e. The van der Waals surface area contributed by atoms with E-state index in [1.54, 1.807) is 24.7 Å². The van der Waals surface area contributed by atoms with Gasteiger partial charge in [-0.05, 0) is 31.2 Å². The van der Waals surface area contributed by atoms with Crippen LogP contribution >= 0.6 is 0 Å². The minimum atomic E-state index is -0.501. The molecule has 5 rings (SSSR count). The standard InChI is InChI=1S/C27H27N7O2/c1-3-4-14-33-24-23(21(15-28)25(33)32-13-7-9-19(29)16-32)31(2)27(36)34(26(24)35)17-22-20-10-6-5-8-18(20)11-12-30-22/h5-6,8,10-12,19H,7,9,13-14,16-17,29H2,1-2H3/t19-/m0/s1. The summed E-state index contributed by atoms with van der Waals surface area (Å²) >= 11 is 0. The normalized spacial score (nSPS) is 15.6. The van der Waals surface area contributed by atoms with Crippen molar-refractivity contribution in [1.82, 2.24) is 18.7 Å². The van der Waals surface area contributed by atoms with Gasteiger partial charge in [0.2, 0.25) is 0 Å². The van der Waals surface area contributed by atoms with Crippen LogP contribution in [0.2, 0.25) is 0 Å². The van der Waals surface area contributed by atoms with Crippen LogP contribution in [0.1, 0.15) is 31.0 Å². The van der Waals surface area contributed by atoms with Crippen molar-refractivity contribution in [3.05, 3.63) is 68.6 Å². The molecule has 1 atom stereocenters. The van der Waals surface area contributed by atoms with Gasteiger partial charge < -0.3 is 15.2 Å². The van der Waals surface area contributed by atoms with Crippen LogP contribution in [-0.4, -0.2) is 37.8 Å². The van der Waals surface area contributed by atoms with Gasteiger partial charge in [-0.2, -0.15) is 5.26 Å². The number of anilines is 1. The number of aromatic nitrogens is 4. The average Bonchev–Trinajstić information content (AvgIpc) is 3.23. The first-order valence-electron chi connectivity index (χ1n) is 11.9. The first-order valence-corrected chi connectivity index (χ1v) is 11.9. The Labute approximate surface area is 208 Å². The SMILES string of the molecule is CC#CCn1c(N2CCC[C@H](N)C2)c(C#N)c2c1c(=O)n(Cc1nccc3ccccc13)c(=O)n2C. The van der Waals surface area contributed by atoms with Gasteiger partial charge in [0, 0.05) is 37.8 Å². The molecule has 3 aromatic heterocycles. The quantitative estimate of drug-likeness (QED) is 0.446. The van der Waals surface area contributed by atoms with Gasteiger partial charge in [-0.15, -0.1) is 5.92 Å². The monoisotopic (exact) mass is 481 g/mol. The number of benzene rings is 1. The second-order valence-electron chi connectivity index (χ2n) is 9.08. The maximum absolute atomic E-state index is 14.0. The topological polar surface area (TPSA) is 115 Å². The van der Waals surface area contributed by atoms with Crippen molar-refractivity contribution < 1.29 is 0 Å². The molecule has 0 unspecified atom stereocenters. The fraction of sp³-hybridized carbons (Fsp3) is 0.333. The van der Waals surface area contributed by atoms with E-state index in [1.165, 1.54) is 9.13 Å². The van der Waals surface area contributed by atoms with E-state index in [-0.39, 0.29) is 24.6 Å². The summed E-state index contributed by atoms with van der Waals surface area (Å²) in [5.74, 6) is 6.52. The summed E-state index contributed by atoms with van der Waals surface area (Å²) in [6.45, 7) is 3.23. The zero-order valence-electron chi connectivity index (χ0n) is 20.4. The van der Waals surface area contributed by atoms with Crippen molar-refractivity contribution in [2.75, 3.05) is 18.0 Å². The highest BCUT2D eigenvalue weighted by Crippen LogP contribution is 2.32. The van der Waals surface area contributed by atoms with Crippen molar-refractivity contribution in [3.63, 3.8) is 0 Å². The molecule has 1 aliphatic rings. The lowest BCUT2D eigenvalue weighted by atomic mass is 10.1. The Balaban J connectivity index is 1.80.